The molecule has 1 fully saturated rings. The van der Waals surface area contributed by atoms with Gasteiger partial charge in [-0.15, -0.1) is 0 Å². The Kier molecular flexibility index (Phi) is 4.38. The molecule has 0 aromatic rings. The highest BCUT2D eigenvalue weighted by atomic mass is 16.5. The zero-order valence-electron chi connectivity index (χ0n) is 10.9. The molecule has 1 aliphatic carbocycles. The van der Waals surface area contributed by atoms with Crippen molar-refractivity contribution in [2.45, 2.75) is 39.5 Å². The Balaban J connectivity index is 2.62. The van der Waals surface area contributed by atoms with Crippen molar-refractivity contribution in [3.63, 3.8) is 0 Å². The molecule has 0 saturated heterocycles. The third kappa shape index (κ3) is 3.75. The molecule has 0 atom stereocenters. The molecule has 18 heavy (non-hydrogen) atoms. The predicted molar refractivity (Wildman–Crippen MR) is 62.8 cm³/mol. The molecule has 0 amide bonds. The highest BCUT2D eigenvalue weighted by molar-refractivity contribution is 6.09. The fraction of sp³-hybridized carbons (Fsp3) is 0.692. The van der Waals surface area contributed by atoms with Crippen LogP contribution in [0.15, 0.2) is 0 Å². The monoisotopic (exact) mass is 254 g/mol. The summed E-state index contributed by atoms with van der Waals surface area (Å²) >= 11 is 0. The van der Waals surface area contributed by atoms with Gasteiger partial charge in [0.2, 0.25) is 0 Å². The number of carbonyl (C=O) groups is 4. The molecule has 1 rings (SSSR count). The van der Waals surface area contributed by atoms with Gasteiger partial charge >= 0.3 is 5.97 Å². The van der Waals surface area contributed by atoms with Gasteiger partial charge in [-0.1, -0.05) is 13.8 Å². The standard InChI is InChI=1S/C13H18O5/c1-13(2)6-10(15)9(11(16)7-13)4-8(14)5-12(17)18-3/h9H,4-7H2,1-3H3. The van der Waals surface area contributed by atoms with Gasteiger partial charge in [0.1, 0.15) is 23.8 Å². The van der Waals surface area contributed by atoms with E-state index in [1.807, 2.05) is 13.8 Å². The number of esters is 1. The van der Waals surface area contributed by atoms with Crippen molar-refractivity contribution in [1.82, 2.24) is 0 Å². The number of rotatable bonds is 4. The smallest absolute Gasteiger partial charge is 0.313 e. The molecule has 0 aliphatic heterocycles. The number of hydrogen-bond donors (Lipinski definition) is 0. The topological polar surface area (TPSA) is 77.5 Å². The second-order valence-corrected chi connectivity index (χ2v) is 5.50. The van der Waals surface area contributed by atoms with Crippen LogP contribution in [0, 0.1) is 11.3 Å². The van der Waals surface area contributed by atoms with Crippen LogP contribution in [0.1, 0.15) is 39.5 Å². The van der Waals surface area contributed by atoms with Crippen LogP contribution in [0.2, 0.25) is 0 Å². The zero-order valence-corrected chi connectivity index (χ0v) is 10.9. The molecule has 0 N–H and O–H groups in total. The fourth-order valence-corrected chi connectivity index (χ4v) is 2.19. The summed E-state index contributed by atoms with van der Waals surface area (Å²) in [4.78, 5) is 46.1. The van der Waals surface area contributed by atoms with Crippen LogP contribution in [0.4, 0.5) is 0 Å². The Morgan fingerprint density at radius 2 is 1.72 bits per heavy atom. The van der Waals surface area contributed by atoms with Crippen LogP contribution in [0.5, 0.6) is 0 Å². The summed E-state index contributed by atoms with van der Waals surface area (Å²) in [5, 5.41) is 0. The lowest BCUT2D eigenvalue weighted by Crippen LogP contribution is -2.38. The van der Waals surface area contributed by atoms with Gasteiger partial charge < -0.3 is 4.74 Å². The van der Waals surface area contributed by atoms with Crippen molar-refractivity contribution in [3.05, 3.63) is 0 Å². The van der Waals surface area contributed by atoms with Gasteiger partial charge in [0, 0.05) is 19.3 Å². The molecule has 5 nitrogen and oxygen atoms in total. The van der Waals surface area contributed by atoms with Crippen molar-refractivity contribution in [2.75, 3.05) is 7.11 Å². The molecule has 0 aromatic heterocycles. The van der Waals surface area contributed by atoms with Gasteiger partial charge in [0.15, 0.2) is 0 Å². The summed E-state index contributed by atoms with van der Waals surface area (Å²) in [6.45, 7) is 3.71. The van der Waals surface area contributed by atoms with Crippen molar-refractivity contribution in [3.8, 4) is 0 Å². The normalized spacial score (nSPS) is 19.7. The summed E-state index contributed by atoms with van der Waals surface area (Å²) in [6, 6.07) is 0. The molecule has 0 radical (unpaired) electrons. The molecule has 0 bridgehead atoms. The van der Waals surface area contributed by atoms with E-state index in [0.717, 1.165) is 0 Å². The van der Waals surface area contributed by atoms with E-state index < -0.39 is 17.7 Å². The van der Waals surface area contributed by atoms with Crippen molar-refractivity contribution in [1.29, 1.82) is 0 Å². The SMILES string of the molecule is COC(=O)CC(=O)CC1C(=O)CC(C)(C)CC1=O. The third-order valence-electron chi connectivity index (χ3n) is 3.08. The average Bonchev–Trinajstić information content (AvgIpc) is 2.22. The first-order valence-electron chi connectivity index (χ1n) is 5.89. The van der Waals surface area contributed by atoms with Crippen molar-refractivity contribution >= 4 is 23.3 Å². The van der Waals surface area contributed by atoms with Gasteiger partial charge in [0.25, 0.3) is 0 Å². The Labute approximate surface area is 106 Å². The number of methoxy groups -OCH3 is 1. The van der Waals surface area contributed by atoms with Gasteiger partial charge in [0.05, 0.1) is 13.0 Å². The maximum absolute atomic E-state index is 11.8. The molecular weight excluding hydrogens is 236 g/mol. The fourth-order valence-electron chi connectivity index (χ4n) is 2.19. The molecule has 1 saturated carbocycles. The Hall–Kier alpha value is -1.52. The lowest BCUT2D eigenvalue weighted by atomic mass is 9.70. The largest absolute Gasteiger partial charge is 0.469 e. The summed E-state index contributed by atoms with van der Waals surface area (Å²) in [6.07, 6.45) is 0.0453. The van der Waals surface area contributed by atoms with Crippen molar-refractivity contribution < 1.29 is 23.9 Å². The first-order valence-corrected chi connectivity index (χ1v) is 5.89. The second-order valence-electron chi connectivity index (χ2n) is 5.50. The second kappa shape index (κ2) is 5.42. The Morgan fingerprint density at radius 1 is 1.22 bits per heavy atom. The molecule has 1 aliphatic rings. The van der Waals surface area contributed by atoms with E-state index in [0.29, 0.717) is 12.8 Å². The Bertz CT molecular complexity index is 374. The van der Waals surface area contributed by atoms with Gasteiger partial charge in [-0.25, -0.2) is 0 Å². The van der Waals surface area contributed by atoms with Crippen LogP contribution < -0.4 is 0 Å². The van der Waals surface area contributed by atoms with E-state index in [4.69, 9.17) is 0 Å². The van der Waals surface area contributed by atoms with Crippen LogP contribution in [0.3, 0.4) is 0 Å². The maximum atomic E-state index is 11.8. The van der Waals surface area contributed by atoms with E-state index in [1.165, 1.54) is 7.11 Å². The molecule has 100 valence electrons. The number of ketones is 3. The Morgan fingerprint density at radius 3 is 2.17 bits per heavy atom. The molecule has 0 unspecified atom stereocenters. The predicted octanol–water partition coefficient (Wildman–Crippen LogP) is 1.08. The minimum atomic E-state index is -0.866. The maximum Gasteiger partial charge on any atom is 0.313 e. The molecule has 0 aromatic carbocycles. The molecule has 0 heterocycles. The minimum Gasteiger partial charge on any atom is -0.469 e. The van der Waals surface area contributed by atoms with Crippen LogP contribution >= 0.6 is 0 Å². The zero-order chi connectivity index (χ0) is 13.9. The first-order chi connectivity index (χ1) is 8.25. The van der Waals surface area contributed by atoms with Gasteiger partial charge in [-0.05, 0) is 5.41 Å². The van der Waals surface area contributed by atoms with Crippen LogP contribution in [-0.2, 0) is 23.9 Å². The molecule has 5 heteroatoms. The average molecular weight is 254 g/mol. The summed E-state index contributed by atoms with van der Waals surface area (Å²) in [5.41, 5.74) is -0.323. The lowest BCUT2D eigenvalue weighted by Gasteiger charge is -2.31. The summed E-state index contributed by atoms with van der Waals surface area (Å²) < 4.78 is 4.37. The minimum absolute atomic E-state index is 0.178. The van der Waals surface area contributed by atoms with Crippen molar-refractivity contribution in [2.24, 2.45) is 11.3 Å². The third-order valence-corrected chi connectivity index (χ3v) is 3.08. The van der Waals surface area contributed by atoms with Gasteiger partial charge in [-0.2, -0.15) is 0 Å². The van der Waals surface area contributed by atoms with E-state index in [2.05, 4.69) is 4.74 Å². The van der Waals surface area contributed by atoms with E-state index >= 15 is 0 Å². The van der Waals surface area contributed by atoms with E-state index in [9.17, 15) is 19.2 Å². The highest BCUT2D eigenvalue weighted by Gasteiger charge is 2.40. The summed E-state index contributed by atoms with van der Waals surface area (Å²) in [5.74, 6) is -2.33. The molecular formula is C13H18O5. The van der Waals surface area contributed by atoms with Gasteiger partial charge in [-0.3, -0.25) is 19.2 Å². The number of ether oxygens (including phenoxy) is 1. The van der Waals surface area contributed by atoms with Crippen LogP contribution in [0.25, 0.3) is 0 Å². The number of hydrogen-bond acceptors (Lipinski definition) is 5. The quantitative estimate of drug-likeness (QED) is 0.554. The summed E-state index contributed by atoms with van der Waals surface area (Å²) in [7, 11) is 1.19. The number of Topliss-reactive ketones (excluding diaryl/α,β-unsaturated/α-hetero) is 3. The lowest BCUT2D eigenvalue weighted by molar-refractivity contribution is -0.147. The first kappa shape index (κ1) is 14.5. The van der Waals surface area contributed by atoms with E-state index in [1.54, 1.807) is 0 Å². The van der Waals surface area contributed by atoms with Crippen LogP contribution in [-0.4, -0.2) is 30.4 Å². The highest BCUT2D eigenvalue weighted by Crippen LogP contribution is 2.35. The van der Waals surface area contributed by atoms with E-state index in [-0.39, 0.29) is 29.8 Å². The number of carbonyl (C=O) groups excluding carboxylic acids is 4. The molecule has 0 spiro atoms.